The number of aromatic nitrogens is 1. The number of nitrogens with zero attached hydrogens (tertiary/aromatic N) is 1. The Morgan fingerprint density at radius 3 is 2.61 bits per heavy atom. The number of methoxy groups -OCH3 is 2. The monoisotopic (exact) mass is 445 g/mol. The van der Waals surface area contributed by atoms with E-state index in [9.17, 15) is 4.79 Å². The number of ether oxygens (including phenoxy) is 4. The van der Waals surface area contributed by atoms with Crippen molar-refractivity contribution in [3.63, 3.8) is 0 Å². The summed E-state index contributed by atoms with van der Waals surface area (Å²) < 4.78 is 21.8. The summed E-state index contributed by atoms with van der Waals surface area (Å²) in [7, 11) is 3.15. The van der Waals surface area contributed by atoms with Gasteiger partial charge >= 0.3 is 0 Å². The number of anilines is 1. The maximum absolute atomic E-state index is 12.8. The zero-order valence-corrected chi connectivity index (χ0v) is 18.1. The Balaban J connectivity index is 1.99. The van der Waals surface area contributed by atoms with Crippen LogP contribution in [-0.4, -0.2) is 51.5 Å². The van der Waals surface area contributed by atoms with Gasteiger partial charge in [0.05, 0.1) is 35.0 Å². The van der Waals surface area contributed by atoms with E-state index < -0.39 is 0 Å². The summed E-state index contributed by atoms with van der Waals surface area (Å²) in [5.41, 5.74) is 7.19. The van der Waals surface area contributed by atoms with Gasteiger partial charge < -0.3 is 30.0 Å². The second-order valence-electron chi connectivity index (χ2n) is 6.55. The number of nitrogen functional groups attached to an aromatic ring is 1. The molecular weight excluding hydrogens is 422 g/mol. The SMILES string of the molecule is COCCNC(=O)c1cc2c(Oc3ccc(N)c(Cl)c3)ccnc2cc1OCCOC. The summed E-state index contributed by atoms with van der Waals surface area (Å²) in [6.07, 6.45) is 1.62. The van der Waals surface area contributed by atoms with Gasteiger partial charge in [0, 0.05) is 44.5 Å². The summed E-state index contributed by atoms with van der Waals surface area (Å²) in [5, 5.41) is 3.85. The van der Waals surface area contributed by atoms with Gasteiger partial charge in [0.1, 0.15) is 23.9 Å². The fraction of sp³-hybridized carbons (Fsp3) is 0.273. The summed E-state index contributed by atoms with van der Waals surface area (Å²) in [6.45, 7) is 1.44. The minimum absolute atomic E-state index is 0.292. The van der Waals surface area contributed by atoms with E-state index >= 15 is 0 Å². The van der Waals surface area contributed by atoms with Crippen molar-refractivity contribution in [2.75, 3.05) is 46.3 Å². The Morgan fingerprint density at radius 1 is 1.06 bits per heavy atom. The molecule has 9 heteroatoms. The molecule has 1 aromatic heterocycles. The van der Waals surface area contributed by atoms with Crippen molar-refractivity contribution in [3.05, 3.63) is 53.2 Å². The van der Waals surface area contributed by atoms with Gasteiger partial charge in [-0.2, -0.15) is 0 Å². The number of halogens is 1. The molecule has 0 saturated carbocycles. The Kier molecular flexibility index (Phi) is 7.88. The molecule has 1 heterocycles. The molecule has 0 fully saturated rings. The first-order chi connectivity index (χ1) is 15.0. The molecule has 3 rings (SSSR count). The largest absolute Gasteiger partial charge is 0.490 e. The van der Waals surface area contributed by atoms with Crippen molar-refractivity contribution >= 4 is 34.1 Å². The Morgan fingerprint density at radius 2 is 1.87 bits per heavy atom. The van der Waals surface area contributed by atoms with E-state index in [2.05, 4.69) is 10.3 Å². The Bertz CT molecular complexity index is 1060. The Hall–Kier alpha value is -3.07. The third kappa shape index (κ3) is 5.75. The average Bonchev–Trinajstić information content (AvgIpc) is 2.76. The number of rotatable bonds is 10. The fourth-order valence-electron chi connectivity index (χ4n) is 2.83. The molecular formula is C22H24ClN3O5. The van der Waals surface area contributed by atoms with E-state index in [0.717, 1.165) is 0 Å². The molecule has 31 heavy (non-hydrogen) atoms. The van der Waals surface area contributed by atoms with E-state index in [0.29, 0.717) is 70.8 Å². The number of amides is 1. The molecule has 3 N–H and O–H groups in total. The molecule has 0 unspecified atom stereocenters. The predicted molar refractivity (Wildman–Crippen MR) is 119 cm³/mol. The van der Waals surface area contributed by atoms with Crippen LogP contribution in [0.25, 0.3) is 10.9 Å². The van der Waals surface area contributed by atoms with Crippen molar-refractivity contribution in [1.29, 1.82) is 0 Å². The lowest BCUT2D eigenvalue weighted by Crippen LogP contribution is -2.27. The normalized spacial score (nSPS) is 10.8. The lowest BCUT2D eigenvalue weighted by Gasteiger charge is -2.15. The number of benzene rings is 2. The third-order valence-corrected chi connectivity index (χ3v) is 4.71. The van der Waals surface area contributed by atoms with Crippen LogP contribution < -0.4 is 20.5 Å². The number of fused-ring (bicyclic) bond motifs is 1. The van der Waals surface area contributed by atoms with Gasteiger partial charge in [-0.15, -0.1) is 0 Å². The first-order valence-corrected chi connectivity index (χ1v) is 9.95. The molecule has 0 saturated heterocycles. The molecule has 0 bridgehead atoms. The van der Waals surface area contributed by atoms with Crippen LogP contribution in [0.4, 0.5) is 5.69 Å². The van der Waals surface area contributed by atoms with Crippen LogP contribution in [0.3, 0.4) is 0 Å². The lowest BCUT2D eigenvalue weighted by atomic mass is 10.1. The summed E-state index contributed by atoms with van der Waals surface area (Å²) in [6, 6.07) is 10.1. The van der Waals surface area contributed by atoms with E-state index in [4.69, 9.17) is 36.3 Å². The summed E-state index contributed by atoms with van der Waals surface area (Å²) >= 11 is 6.10. The first-order valence-electron chi connectivity index (χ1n) is 9.58. The zero-order chi connectivity index (χ0) is 22.2. The van der Waals surface area contributed by atoms with Crippen LogP contribution in [0.1, 0.15) is 10.4 Å². The molecule has 2 aromatic carbocycles. The number of carbonyl (C=O) groups excluding carboxylic acids is 1. The van der Waals surface area contributed by atoms with E-state index in [1.807, 2.05) is 0 Å². The molecule has 1 amide bonds. The van der Waals surface area contributed by atoms with Crippen molar-refractivity contribution in [2.45, 2.75) is 0 Å². The van der Waals surface area contributed by atoms with Gasteiger partial charge in [0.15, 0.2) is 0 Å². The van der Waals surface area contributed by atoms with E-state index in [1.54, 1.807) is 56.8 Å². The van der Waals surface area contributed by atoms with Crippen LogP contribution in [0.5, 0.6) is 17.2 Å². The standard InChI is InChI=1S/C22H24ClN3O5/c1-28-8-7-26-22(27)16-12-15-19(13-21(16)30-10-9-29-2)25-6-5-20(15)31-14-3-4-18(24)17(23)11-14/h3-6,11-13H,7-10,24H2,1-2H3,(H,26,27). The van der Waals surface area contributed by atoms with Crippen LogP contribution >= 0.6 is 11.6 Å². The number of nitrogens with one attached hydrogen (secondary N) is 1. The van der Waals surface area contributed by atoms with Gasteiger partial charge in [-0.25, -0.2) is 0 Å². The van der Waals surface area contributed by atoms with Crippen LogP contribution in [-0.2, 0) is 9.47 Å². The molecule has 0 atom stereocenters. The van der Waals surface area contributed by atoms with Gasteiger partial charge in [0.25, 0.3) is 5.91 Å². The van der Waals surface area contributed by atoms with E-state index in [-0.39, 0.29) is 5.91 Å². The highest BCUT2D eigenvalue weighted by atomic mass is 35.5. The third-order valence-electron chi connectivity index (χ3n) is 4.38. The highest BCUT2D eigenvalue weighted by Gasteiger charge is 2.17. The second kappa shape index (κ2) is 10.8. The van der Waals surface area contributed by atoms with Crippen LogP contribution in [0.2, 0.25) is 5.02 Å². The number of nitrogens with two attached hydrogens (primary N) is 1. The van der Waals surface area contributed by atoms with Crippen LogP contribution in [0, 0.1) is 0 Å². The van der Waals surface area contributed by atoms with Crippen molar-refractivity contribution in [3.8, 4) is 17.2 Å². The van der Waals surface area contributed by atoms with E-state index in [1.165, 1.54) is 0 Å². The molecule has 0 spiro atoms. The predicted octanol–water partition coefficient (Wildman–Crippen LogP) is 3.66. The lowest BCUT2D eigenvalue weighted by molar-refractivity contribution is 0.0929. The topological polar surface area (TPSA) is 105 Å². The molecule has 164 valence electrons. The number of hydrogen-bond donors (Lipinski definition) is 2. The smallest absolute Gasteiger partial charge is 0.255 e. The zero-order valence-electron chi connectivity index (χ0n) is 17.3. The molecule has 0 aliphatic rings. The van der Waals surface area contributed by atoms with Crippen molar-refractivity contribution in [1.82, 2.24) is 10.3 Å². The first kappa shape index (κ1) is 22.6. The molecule has 0 aliphatic carbocycles. The molecule has 8 nitrogen and oxygen atoms in total. The van der Waals surface area contributed by atoms with Crippen molar-refractivity contribution in [2.24, 2.45) is 0 Å². The van der Waals surface area contributed by atoms with Gasteiger partial charge in [-0.05, 0) is 24.3 Å². The highest BCUT2D eigenvalue weighted by Crippen LogP contribution is 2.34. The molecule has 0 aliphatic heterocycles. The minimum Gasteiger partial charge on any atom is -0.490 e. The maximum atomic E-state index is 12.8. The highest BCUT2D eigenvalue weighted by molar-refractivity contribution is 6.33. The number of hydrogen-bond acceptors (Lipinski definition) is 7. The molecule has 3 aromatic rings. The quantitative estimate of drug-likeness (QED) is 0.362. The average molecular weight is 446 g/mol. The van der Waals surface area contributed by atoms with Crippen LogP contribution in [0.15, 0.2) is 42.6 Å². The molecule has 0 radical (unpaired) electrons. The summed E-state index contributed by atoms with van der Waals surface area (Å²) in [5.74, 6) is 1.13. The summed E-state index contributed by atoms with van der Waals surface area (Å²) in [4.78, 5) is 17.2. The minimum atomic E-state index is -0.295. The number of carbonyl (C=O) groups is 1. The fourth-order valence-corrected chi connectivity index (χ4v) is 3.00. The van der Waals surface area contributed by atoms with Crippen molar-refractivity contribution < 1.29 is 23.7 Å². The Labute approximate surface area is 185 Å². The maximum Gasteiger partial charge on any atom is 0.255 e. The second-order valence-corrected chi connectivity index (χ2v) is 6.96. The van der Waals surface area contributed by atoms with Gasteiger partial charge in [-0.1, -0.05) is 11.6 Å². The van der Waals surface area contributed by atoms with Gasteiger partial charge in [0.2, 0.25) is 0 Å². The van der Waals surface area contributed by atoms with Gasteiger partial charge in [-0.3, -0.25) is 9.78 Å². The number of pyridine rings is 1.